The maximum atomic E-state index is 12.4. The normalized spacial score (nSPS) is 11.3. The van der Waals surface area contributed by atoms with E-state index in [1.807, 2.05) is 37.3 Å². The van der Waals surface area contributed by atoms with Gasteiger partial charge in [-0.25, -0.2) is 0 Å². The highest BCUT2D eigenvalue weighted by Gasteiger charge is 2.22. The second kappa shape index (κ2) is 10.8. The number of ether oxygens (including phenoxy) is 2. The number of benzene rings is 2. The molecule has 2 aromatic carbocycles. The van der Waals surface area contributed by atoms with Gasteiger partial charge in [0.15, 0.2) is 6.10 Å². The molecule has 0 heterocycles. The number of carbonyl (C=O) groups is 3. The van der Waals surface area contributed by atoms with Crippen LogP contribution in [0.5, 0.6) is 5.75 Å². The monoisotopic (exact) mass is 398 g/mol. The molecule has 0 aliphatic heterocycles. The molecule has 0 aliphatic rings. The fourth-order valence-corrected chi connectivity index (χ4v) is 2.66. The van der Waals surface area contributed by atoms with Crippen LogP contribution in [0, 0.1) is 0 Å². The topological polar surface area (TPSA) is 84.9 Å². The van der Waals surface area contributed by atoms with Gasteiger partial charge in [0.2, 0.25) is 0 Å². The largest absolute Gasteiger partial charge is 0.494 e. The molecule has 0 spiro atoms. The standard InChI is InChI=1S/C22H26N2O5/c1-4-28-19-12-10-18(11-13-19)21(26)23-14-20(25)29-16(2)22(27)24(3)15-17-8-6-5-7-9-17/h5-13,16H,4,14-15H2,1-3H3,(H,23,26)/t16-/m0/s1. The third-order valence-corrected chi connectivity index (χ3v) is 4.12. The van der Waals surface area contributed by atoms with E-state index in [0.29, 0.717) is 24.5 Å². The zero-order valence-electron chi connectivity index (χ0n) is 16.9. The van der Waals surface area contributed by atoms with Crippen molar-refractivity contribution in [3.63, 3.8) is 0 Å². The number of nitrogens with zero attached hydrogens (tertiary/aromatic N) is 1. The quantitative estimate of drug-likeness (QED) is 0.656. The molecule has 2 rings (SSSR count). The van der Waals surface area contributed by atoms with Gasteiger partial charge in [0.25, 0.3) is 11.8 Å². The Labute approximate surface area is 170 Å². The smallest absolute Gasteiger partial charge is 0.326 e. The van der Waals surface area contributed by atoms with Gasteiger partial charge in [0.1, 0.15) is 12.3 Å². The third kappa shape index (κ3) is 6.95. The number of likely N-dealkylation sites (N-methyl/N-ethyl adjacent to an activating group) is 1. The zero-order chi connectivity index (χ0) is 21.2. The van der Waals surface area contributed by atoms with Crippen LogP contribution in [0.3, 0.4) is 0 Å². The Morgan fingerprint density at radius 3 is 2.31 bits per heavy atom. The van der Waals surface area contributed by atoms with Gasteiger partial charge in [0, 0.05) is 19.2 Å². The minimum atomic E-state index is -0.946. The van der Waals surface area contributed by atoms with Crippen LogP contribution in [-0.4, -0.2) is 49.0 Å². The molecular formula is C22H26N2O5. The first-order valence-corrected chi connectivity index (χ1v) is 9.40. The average molecular weight is 398 g/mol. The maximum absolute atomic E-state index is 12.4. The van der Waals surface area contributed by atoms with Crippen molar-refractivity contribution >= 4 is 17.8 Å². The van der Waals surface area contributed by atoms with Crippen LogP contribution in [0.15, 0.2) is 54.6 Å². The van der Waals surface area contributed by atoms with Crippen molar-refractivity contribution in [1.82, 2.24) is 10.2 Å². The SMILES string of the molecule is CCOc1ccc(C(=O)NCC(=O)O[C@@H](C)C(=O)N(C)Cc2ccccc2)cc1. The van der Waals surface area contributed by atoms with E-state index in [9.17, 15) is 14.4 Å². The molecule has 7 nitrogen and oxygen atoms in total. The van der Waals surface area contributed by atoms with E-state index in [1.165, 1.54) is 11.8 Å². The first-order valence-electron chi connectivity index (χ1n) is 9.40. The molecule has 0 saturated heterocycles. The number of nitrogens with one attached hydrogen (secondary N) is 1. The Kier molecular flexibility index (Phi) is 8.21. The van der Waals surface area contributed by atoms with Crippen molar-refractivity contribution < 1.29 is 23.9 Å². The lowest BCUT2D eigenvalue weighted by Crippen LogP contribution is -2.39. The number of hydrogen-bond acceptors (Lipinski definition) is 5. The highest BCUT2D eigenvalue weighted by atomic mass is 16.5. The number of rotatable bonds is 9. The van der Waals surface area contributed by atoms with Gasteiger partial charge in [-0.2, -0.15) is 0 Å². The second-order valence-electron chi connectivity index (χ2n) is 6.45. The minimum absolute atomic E-state index is 0.319. The zero-order valence-corrected chi connectivity index (χ0v) is 16.9. The number of esters is 1. The van der Waals surface area contributed by atoms with Gasteiger partial charge in [-0.3, -0.25) is 14.4 Å². The molecule has 1 N–H and O–H groups in total. The Balaban J connectivity index is 1.78. The highest BCUT2D eigenvalue weighted by molar-refractivity contribution is 5.96. The first-order chi connectivity index (χ1) is 13.9. The Morgan fingerprint density at radius 1 is 1.03 bits per heavy atom. The van der Waals surface area contributed by atoms with Gasteiger partial charge in [-0.1, -0.05) is 30.3 Å². The molecule has 0 aromatic heterocycles. The third-order valence-electron chi connectivity index (χ3n) is 4.12. The van der Waals surface area contributed by atoms with Gasteiger partial charge < -0.3 is 19.7 Å². The van der Waals surface area contributed by atoms with E-state index in [2.05, 4.69) is 5.32 Å². The summed E-state index contributed by atoms with van der Waals surface area (Å²) in [6, 6.07) is 16.1. The van der Waals surface area contributed by atoms with E-state index in [1.54, 1.807) is 31.3 Å². The summed E-state index contributed by atoms with van der Waals surface area (Å²) in [6.07, 6.45) is -0.946. The van der Waals surface area contributed by atoms with Crippen molar-refractivity contribution in [2.45, 2.75) is 26.5 Å². The highest BCUT2D eigenvalue weighted by Crippen LogP contribution is 2.12. The van der Waals surface area contributed by atoms with E-state index >= 15 is 0 Å². The molecule has 2 aromatic rings. The van der Waals surface area contributed by atoms with Gasteiger partial charge in [0.05, 0.1) is 6.61 Å². The Hall–Kier alpha value is -3.35. The molecule has 1 atom stereocenters. The van der Waals surface area contributed by atoms with Crippen molar-refractivity contribution in [3.05, 3.63) is 65.7 Å². The lowest BCUT2D eigenvalue weighted by Gasteiger charge is -2.21. The molecule has 0 bridgehead atoms. The summed E-state index contributed by atoms with van der Waals surface area (Å²) in [5.41, 5.74) is 1.37. The summed E-state index contributed by atoms with van der Waals surface area (Å²) in [4.78, 5) is 38.0. The fraction of sp³-hybridized carbons (Fsp3) is 0.318. The average Bonchev–Trinajstić information content (AvgIpc) is 2.73. The summed E-state index contributed by atoms with van der Waals surface area (Å²) in [5.74, 6) is -0.751. The molecule has 154 valence electrons. The molecule has 2 amide bonds. The number of carbonyl (C=O) groups excluding carboxylic acids is 3. The number of amides is 2. The second-order valence-corrected chi connectivity index (χ2v) is 6.45. The van der Waals surface area contributed by atoms with E-state index in [-0.39, 0.29) is 12.5 Å². The van der Waals surface area contributed by atoms with Crippen LogP contribution in [-0.2, 0) is 20.9 Å². The summed E-state index contributed by atoms with van der Waals surface area (Å²) in [5, 5.41) is 2.48. The fourth-order valence-electron chi connectivity index (χ4n) is 2.66. The van der Waals surface area contributed by atoms with Gasteiger partial charge in [-0.05, 0) is 43.7 Å². The molecule has 0 fully saturated rings. The first kappa shape index (κ1) is 21.9. The van der Waals surface area contributed by atoms with Crippen molar-refractivity contribution in [2.24, 2.45) is 0 Å². The van der Waals surface area contributed by atoms with E-state index < -0.39 is 18.0 Å². The van der Waals surface area contributed by atoms with Crippen LogP contribution in [0.2, 0.25) is 0 Å². The Morgan fingerprint density at radius 2 is 1.69 bits per heavy atom. The molecule has 0 aliphatic carbocycles. The van der Waals surface area contributed by atoms with Gasteiger partial charge >= 0.3 is 5.97 Å². The van der Waals surface area contributed by atoms with Crippen LogP contribution in [0.1, 0.15) is 29.8 Å². The summed E-state index contributed by atoms with van der Waals surface area (Å²) < 4.78 is 10.5. The van der Waals surface area contributed by atoms with Crippen molar-refractivity contribution in [3.8, 4) is 5.75 Å². The lowest BCUT2D eigenvalue weighted by molar-refractivity contribution is -0.157. The van der Waals surface area contributed by atoms with Gasteiger partial charge in [-0.15, -0.1) is 0 Å². The molecule has 0 saturated carbocycles. The maximum Gasteiger partial charge on any atom is 0.326 e. The summed E-state index contributed by atoms with van der Waals surface area (Å²) in [7, 11) is 1.65. The van der Waals surface area contributed by atoms with Crippen molar-refractivity contribution in [2.75, 3.05) is 20.2 Å². The predicted octanol–water partition coefficient (Wildman–Crippen LogP) is 2.41. The summed E-state index contributed by atoms with van der Waals surface area (Å²) >= 11 is 0. The molecule has 0 unspecified atom stereocenters. The lowest BCUT2D eigenvalue weighted by atomic mass is 10.2. The molecular weight excluding hydrogens is 372 g/mol. The number of hydrogen-bond donors (Lipinski definition) is 1. The predicted molar refractivity (Wildman–Crippen MR) is 108 cm³/mol. The summed E-state index contributed by atoms with van der Waals surface area (Å²) in [6.45, 7) is 4.00. The van der Waals surface area contributed by atoms with E-state index in [0.717, 1.165) is 5.56 Å². The van der Waals surface area contributed by atoms with Crippen molar-refractivity contribution in [1.29, 1.82) is 0 Å². The van der Waals surface area contributed by atoms with Crippen LogP contribution in [0.25, 0.3) is 0 Å². The Bertz CT molecular complexity index is 821. The molecule has 0 radical (unpaired) electrons. The van der Waals surface area contributed by atoms with E-state index in [4.69, 9.17) is 9.47 Å². The van der Waals surface area contributed by atoms with Crippen LogP contribution >= 0.6 is 0 Å². The molecule has 7 heteroatoms. The van der Waals surface area contributed by atoms with Crippen LogP contribution in [0.4, 0.5) is 0 Å². The molecule has 29 heavy (non-hydrogen) atoms. The minimum Gasteiger partial charge on any atom is -0.494 e. The van der Waals surface area contributed by atoms with Crippen LogP contribution < -0.4 is 10.1 Å².